The molecular formula is C12H18F6O2. The van der Waals surface area contributed by atoms with Gasteiger partial charge in [0.15, 0.2) is 0 Å². The van der Waals surface area contributed by atoms with E-state index in [0.29, 0.717) is 12.8 Å². The minimum absolute atomic E-state index is 0.221. The molecule has 0 fully saturated rings. The molecule has 0 radical (unpaired) electrons. The predicted molar refractivity (Wildman–Crippen MR) is 59.9 cm³/mol. The van der Waals surface area contributed by atoms with Crippen LogP contribution in [0.2, 0.25) is 0 Å². The first kappa shape index (κ1) is 19.1. The van der Waals surface area contributed by atoms with Crippen molar-refractivity contribution in [2.75, 3.05) is 6.61 Å². The molecule has 0 amide bonds. The monoisotopic (exact) mass is 308 g/mol. The molecule has 0 N–H and O–H groups in total. The highest BCUT2D eigenvalue weighted by Crippen LogP contribution is 2.40. The number of esters is 1. The minimum atomic E-state index is -5.69. The minimum Gasteiger partial charge on any atom is -0.465 e. The maximum atomic E-state index is 12.3. The molecular weight excluding hydrogens is 290 g/mol. The second-order valence-electron chi connectivity index (χ2n) is 4.56. The lowest BCUT2D eigenvalue weighted by Crippen LogP contribution is -2.43. The SMILES string of the molecule is CCCCC(CC)COC(=O)C(C(F)(F)F)C(F)(F)F. The van der Waals surface area contributed by atoms with E-state index in [0.717, 1.165) is 12.8 Å². The van der Waals surface area contributed by atoms with Crippen molar-refractivity contribution >= 4 is 5.97 Å². The molecule has 20 heavy (non-hydrogen) atoms. The average Bonchev–Trinajstić information content (AvgIpc) is 2.25. The highest BCUT2D eigenvalue weighted by molar-refractivity contribution is 5.74. The van der Waals surface area contributed by atoms with Gasteiger partial charge in [-0.25, -0.2) is 0 Å². The summed E-state index contributed by atoms with van der Waals surface area (Å²) in [7, 11) is 0. The fourth-order valence-electron chi connectivity index (χ4n) is 1.63. The Hall–Kier alpha value is -0.950. The first-order valence-corrected chi connectivity index (χ1v) is 6.34. The van der Waals surface area contributed by atoms with Gasteiger partial charge in [0, 0.05) is 0 Å². The van der Waals surface area contributed by atoms with Crippen molar-refractivity contribution < 1.29 is 35.9 Å². The predicted octanol–water partition coefficient (Wildman–Crippen LogP) is 4.49. The largest absolute Gasteiger partial charge is 0.465 e. The zero-order valence-corrected chi connectivity index (χ0v) is 11.3. The summed E-state index contributed by atoms with van der Waals surface area (Å²) in [6.07, 6.45) is -8.64. The van der Waals surface area contributed by atoms with Crippen LogP contribution in [0.4, 0.5) is 26.3 Å². The van der Waals surface area contributed by atoms with Crippen molar-refractivity contribution in [1.29, 1.82) is 0 Å². The van der Waals surface area contributed by atoms with E-state index < -0.39 is 30.8 Å². The number of hydrogen-bond acceptors (Lipinski definition) is 2. The fourth-order valence-corrected chi connectivity index (χ4v) is 1.63. The Morgan fingerprint density at radius 3 is 1.90 bits per heavy atom. The molecule has 1 atom stereocenters. The maximum absolute atomic E-state index is 12.3. The molecule has 0 aromatic rings. The summed E-state index contributed by atoms with van der Waals surface area (Å²) in [5, 5.41) is 0. The van der Waals surface area contributed by atoms with E-state index in [2.05, 4.69) is 4.74 Å². The Kier molecular flexibility index (Phi) is 7.37. The molecule has 2 nitrogen and oxygen atoms in total. The molecule has 0 saturated heterocycles. The molecule has 0 aliphatic carbocycles. The van der Waals surface area contributed by atoms with Crippen LogP contribution in [-0.4, -0.2) is 24.9 Å². The number of rotatable bonds is 7. The molecule has 0 aliphatic heterocycles. The molecule has 0 aliphatic rings. The summed E-state index contributed by atoms with van der Waals surface area (Å²) >= 11 is 0. The second-order valence-corrected chi connectivity index (χ2v) is 4.56. The number of halogens is 6. The van der Waals surface area contributed by atoms with E-state index in [4.69, 9.17) is 0 Å². The van der Waals surface area contributed by atoms with Gasteiger partial charge in [-0.2, -0.15) is 26.3 Å². The van der Waals surface area contributed by atoms with Crippen LogP contribution in [0.3, 0.4) is 0 Å². The van der Waals surface area contributed by atoms with Gasteiger partial charge >= 0.3 is 18.3 Å². The number of alkyl halides is 6. The Labute approximate surface area is 113 Å². The van der Waals surface area contributed by atoms with Gasteiger partial charge in [-0.15, -0.1) is 0 Å². The van der Waals surface area contributed by atoms with Gasteiger partial charge < -0.3 is 4.74 Å². The topological polar surface area (TPSA) is 26.3 Å². The third-order valence-corrected chi connectivity index (χ3v) is 2.89. The summed E-state index contributed by atoms with van der Waals surface area (Å²) < 4.78 is 77.8. The average molecular weight is 308 g/mol. The van der Waals surface area contributed by atoms with Crippen LogP contribution in [0.1, 0.15) is 39.5 Å². The molecule has 0 saturated carbocycles. The molecule has 0 aromatic carbocycles. The van der Waals surface area contributed by atoms with Crippen molar-refractivity contribution in [2.24, 2.45) is 11.8 Å². The smallest absolute Gasteiger partial charge is 0.411 e. The Morgan fingerprint density at radius 2 is 1.55 bits per heavy atom. The van der Waals surface area contributed by atoms with E-state index in [-0.39, 0.29) is 5.92 Å². The normalized spacial score (nSPS) is 14.4. The molecule has 0 rings (SSSR count). The van der Waals surface area contributed by atoms with Crippen LogP contribution in [-0.2, 0) is 9.53 Å². The van der Waals surface area contributed by atoms with Crippen LogP contribution in [0, 0.1) is 11.8 Å². The third-order valence-electron chi connectivity index (χ3n) is 2.89. The van der Waals surface area contributed by atoms with Gasteiger partial charge in [0.1, 0.15) is 0 Å². The first-order chi connectivity index (χ1) is 9.04. The van der Waals surface area contributed by atoms with E-state index in [9.17, 15) is 31.1 Å². The van der Waals surface area contributed by atoms with E-state index in [1.807, 2.05) is 6.92 Å². The first-order valence-electron chi connectivity index (χ1n) is 6.34. The van der Waals surface area contributed by atoms with Crippen LogP contribution in [0.15, 0.2) is 0 Å². The highest BCUT2D eigenvalue weighted by atomic mass is 19.4. The van der Waals surface area contributed by atoms with Crippen LogP contribution < -0.4 is 0 Å². The molecule has 0 heterocycles. The molecule has 0 bridgehead atoms. The van der Waals surface area contributed by atoms with Gasteiger partial charge in [0.05, 0.1) is 6.61 Å². The molecule has 8 heteroatoms. The van der Waals surface area contributed by atoms with Gasteiger partial charge in [-0.05, 0) is 12.3 Å². The lowest BCUT2D eigenvalue weighted by Gasteiger charge is -2.22. The summed E-state index contributed by atoms with van der Waals surface area (Å²) in [4.78, 5) is 11.1. The maximum Gasteiger partial charge on any atom is 0.411 e. The molecule has 120 valence electrons. The third kappa shape index (κ3) is 6.47. The van der Waals surface area contributed by atoms with Gasteiger partial charge in [-0.1, -0.05) is 33.1 Å². The summed E-state index contributed by atoms with van der Waals surface area (Å²) in [5.74, 6) is -6.57. The summed E-state index contributed by atoms with van der Waals surface area (Å²) in [5.41, 5.74) is 0. The highest BCUT2D eigenvalue weighted by Gasteiger charge is 2.62. The van der Waals surface area contributed by atoms with E-state index in [1.54, 1.807) is 6.92 Å². The Bertz CT molecular complexity index is 283. The number of unbranched alkanes of at least 4 members (excludes halogenated alkanes) is 1. The van der Waals surface area contributed by atoms with Crippen LogP contribution >= 0.6 is 0 Å². The zero-order chi connectivity index (χ0) is 16.0. The number of carbonyl (C=O) groups is 1. The van der Waals surface area contributed by atoms with Crippen molar-refractivity contribution in [3.63, 3.8) is 0 Å². The van der Waals surface area contributed by atoms with Crippen LogP contribution in [0.5, 0.6) is 0 Å². The molecule has 1 unspecified atom stereocenters. The second kappa shape index (κ2) is 7.73. The lowest BCUT2D eigenvalue weighted by molar-refractivity contribution is -0.282. The zero-order valence-electron chi connectivity index (χ0n) is 11.3. The van der Waals surface area contributed by atoms with E-state index in [1.165, 1.54) is 0 Å². The quantitative estimate of drug-likeness (QED) is 0.512. The van der Waals surface area contributed by atoms with Crippen molar-refractivity contribution in [3.8, 4) is 0 Å². The van der Waals surface area contributed by atoms with Crippen LogP contribution in [0.25, 0.3) is 0 Å². The Balaban J connectivity index is 4.63. The number of hydrogen-bond donors (Lipinski definition) is 0. The fraction of sp³-hybridized carbons (Fsp3) is 0.917. The summed E-state index contributed by atoms with van der Waals surface area (Å²) in [6.45, 7) is 3.22. The Morgan fingerprint density at radius 1 is 1.05 bits per heavy atom. The summed E-state index contributed by atoms with van der Waals surface area (Å²) in [6, 6.07) is 0. The van der Waals surface area contributed by atoms with Gasteiger partial charge in [0.25, 0.3) is 0 Å². The lowest BCUT2D eigenvalue weighted by atomic mass is 10.0. The molecule has 0 spiro atoms. The van der Waals surface area contributed by atoms with Gasteiger partial charge in [0.2, 0.25) is 5.92 Å². The molecule has 0 aromatic heterocycles. The number of ether oxygens (including phenoxy) is 1. The van der Waals surface area contributed by atoms with Gasteiger partial charge in [-0.3, -0.25) is 4.79 Å². The standard InChI is InChI=1S/C12H18F6O2/c1-3-5-6-8(4-2)7-20-10(19)9(11(13,14)15)12(16,17)18/h8-9H,3-7H2,1-2H3. The van der Waals surface area contributed by atoms with E-state index >= 15 is 0 Å². The van der Waals surface area contributed by atoms with Crippen molar-refractivity contribution in [3.05, 3.63) is 0 Å². The van der Waals surface area contributed by atoms with Crippen molar-refractivity contribution in [1.82, 2.24) is 0 Å². The number of carbonyl (C=O) groups excluding carboxylic acids is 1. The van der Waals surface area contributed by atoms with Crippen molar-refractivity contribution in [2.45, 2.75) is 51.9 Å².